The van der Waals surface area contributed by atoms with Crippen LogP contribution in [0.2, 0.25) is 0 Å². The van der Waals surface area contributed by atoms with Crippen LogP contribution in [-0.2, 0) is 13.6 Å². The second-order valence-electron chi connectivity index (χ2n) is 7.52. The van der Waals surface area contributed by atoms with Crippen molar-refractivity contribution in [3.05, 3.63) is 65.0 Å². The highest BCUT2D eigenvalue weighted by Gasteiger charge is 2.15. The minimum Gasteiger partial charge on any atom is -0.493 e. The van der Waals surface area contributed by atoms with E-state index in [-0.39, 0.29) is 11.9 Å². The number of carbonyl (C=O) groups excluding carboxylic acids is 1. The Morgan fingerprint density at radius 1 is 1.06 bits per heavy atom. The Bertz CT molecular complexity index is 1190. The van der Waals surface area contributed by atoms with Crippen LogP contribution in [0.4, 0.5) is 5.69 Å². The molecule has 0 saturated carbocycles. The van der Waals surface area contributed by atoms with Crippen molar-refractivity contribution in [2.24, 2.45) is 12.0 Å². The van der Waals surface area contributed by atoms with Crippen molar-refractivity contribution in [2.45, 2.75) is 27.3 Å². The molecule has 9 nitrogen and oxygen atoms in total. The summed E-state index contributed by atoms with van der Waals surface area (Å²) in [6, 6.07) is 12.5. The molecule has 0 aliphatic carbocycles. The summed E-state index contributed by atoms with van der Waals surface area (Å²) in [6.45, 7) is 6.70. The van der Waals surface area contributed by atoms with Gasteiger partial charge in [-0.05, 0) is 51.1 Å². The molecule has 0 atom stereocenters. The van der Waals surface area contributed by atoms with Crippen LogP contribution in [0.5, 0.6) is 17.2 Å². The lowest BCUT2D eigenvalue weighted by Gasteiger charge is -2.15. The van der Waals surface area contributed by atoms with Crippen LogP contribution in [0.1, 0.15) is 34.2 Å². The lowest BCUT2D eigenvalue weighted by Crippen LogP contribution is -2.36. The molecule has 2 N–H and O–H groups in total. The normalized spacial score (nSPS) is 11.2. The number of aryl methyl sites for hydroxylation is 2. The number of benzene rings is 2. The van der Waals surface area contributed by atoms with Crippen LogP contribution in [0.15, 0.2) is 47.5 Å². The molecule has 0 fully saturated rings. The van der Waals surface area contributed by atoms with Gasteiger partial charge in [-0.15, -0.1) is 0 Å². The smallest absolute Gasteiger partial charge is 0.258 e. The Kier molecular flexibility index (Phi) is 8.13. The van der Waals surface area contributed by atoms with E-state index in [1.807, 2.05) is 56.8 Å². The molecule has 0 bridgehead atoms. The van der Waals surface area contributed by atoms with Gasteiger partial charge in [-0.25, -0.2) is 4.99 Å². The second kappa shape index (κ2) is 11.2. The molecule has 3 rings (SSSR count). The van der Waals surface area contributed by atoms with Gasteiger partial charge in [0.2, 0.25) is 5.96 Å². The van der Waals surface area contributed by atoms with Gasteiger partial charge in [-0.2, -0.15) is 5.10 Å². The zero-order valence-corrected chi connectivity index (χ0v) is 20.4. The summed E-state index contributed by atoms with van der Waals surface area (Å²) in [6.07, 6.45) is 0. The fourth-order valence-electron chi connectivity index (χ4n) is 3.45. The summed E-state index contributed by atoms with van der Waals surface area (Å²) in [5.41, 5.74) is 4.00. The molecule has 1 heterocycles. The van der Waals surface area contributed by atoms with Gasteiger partial charge in [-0.1, -0.05) is 12.1 Å². The van der Waals surface area contributed by atoms with Gasteiger partial charge in [0.25, 0.3) is 5.91 Å². The monoisotopic (exact) mass is 465 g/mol. The van der Waals surface area contributed by atoms with Gasteiger partial charge in [0, 0.05) is 23.9 Å². The molecule has 0 saturated heterocycles. The molecule has 1 amide bonds. The maximum atomic E-state index is 13.1. The van der Waals surface area contributed by atoms with Crippen molar-refractivity contribution >= 4 is 17.6 Å². The number of rotatable bonds is 8. The molecule has 180 valence electrons. The van der Waals surface area contributed by atoms with Crippen molar-refractivity contribution in [2.75, 3.05) is 26.1 Å². The molecule has 0 unspecified atom stereocenters. The number of methoxy groups -OCH3 is 2. The van der Waals surface area contributed by atoms with Gasteiger partial charge < -0.3 is 19.5 Å². The summed E-state index contributed by atoms with van der Waals surface area (Å²) in [7, 11) is 4.97. The Morgan fingerprint density at radius 2 is 1.79 bits per heavy atom. The zero-order valence-electron chi connectivity index (χ0n) is 20.4. The Labute approximate surface area is 199 Å². The Hall–Kier alpha value is -4.01. The molecule has 0 aliphatic rings. The number of anilines is 1. The summed E-state index contributed by atoms with van der Waals surface area (Å²) in [5, 5.41) is 10.5. The SMILES string of the molecule is CCOc1ccccc1NC(=NCc1c(C)nn(C)c1C)NC(=O)c1ccc(OC)c(OC)c1. The highest BCUT2D eigenvalue weighted by atomic mass is 16.5. The third kappa shape index (κ3) is 5.67. The zero-order chi connectivity index (χ0) is 24.7. The summed E-state index contributed by atoms with van der Waals surface area (Å²) >= 11 is 0. The van der Waals surface area contributed by atoms with E-state index in [1.54, 1.807) is 25.3 Å². The van der Waals surface area contributed by atoms with E-state index in [9.17, 15) is 4.79 Å². The first-order valence-corrected chi connectivity index (χ1v) is 10.9. The Morgan fingerprint density at radius 3 is 2.44 bits per heavy atom. The predicted molar refractivity (Wildman–Crippen MR) is 132 cm³/mol. The van der Waals surface area contributed by atoms with Gasteiger partial charge in [0.1, 0.15) is 5.75 Å². The first-order chi connectivity index (χ1) is 16.4. The van der Waals surface area contributed by atoms with E-state index in [4.69, 9.17) is 14.2 Å². The average Bonchev–Trinajstić information content (AvgIpc) is 3.08. The molecule has 0 spiro atoms. The molecule has 9 heteroatoms. The molecule has 3 aromatic rings. The number of hydrogen-bond donors (Lipinski definition) is 2. The summed E-state index contributed by atoms with van der Waals surface area (Å²) in [4.78, 5) is 17.8. The fourth-order valence-corrected chi connectivity index (χ4v) is 3.45. The number of para-hydroxylation sites is 2. The van der Waals surface area contributed by atoms with Crippen molar-refractivity contribution in [3.8, 4) is 17.2 Å². The molecular formula is C25H31N5O4. The Balaban J connectivity index is 1.92. The lowest BCUT2D eigenvalue weighted by molar-refractivity contribution is 0.0976. The standard InChI is InChI=1S/C25H31N5O4/c1-7-34-21-11-9-8-10-20(21)27-25(26-15-19-16(2)29-30(4)17(19)3)28-24(31)18-12-13-22(32-5)23(14-18)33-6/h8-14H,7,15H2,1-6H3,(H2,26,27,28,31). The summed E-state index contributed by atoms with van der Waals surface area (Å²) < 4.78 is 18.1. The number of amides is 1. The number of carbonyl (C=O) groups is 1. The third-order valence-electron chi connectivity index (χ3n) is 5.37. The van der Waals surface area contributed by atoms with Crippen LogP contribution in [0.3, 0.4) is 0 Å². The minimum absolute atomic E-state index is 0.287. The van der Waals surface area contributed by atoms with Crippen molar-refractivity contribution < 1.29 is 19.0 Å². The van der Waals surface area contributed by atoms with Crippen molar-refractivity contribution in [3.63, 3.8) is 0 Å². The quantitative estimate of drug-likeness (QED) is 0.387. The van der Waals surface area contributed by atoms with Gasteiger partial charge in [0.05, 0.1) is 38.8 Å². The number of hydrogen-bond acceptors (Lipinski definition) is 6. The van der Waals surface area contributed by atoms with Crippen LogP contribution < -0.4 is 24.8 Å². The molecule has 2 aromatic carbocycles. The highest BCUT2D eigenvalue weighted by molar-refractivity contribution is 6.10. The lowest BCUT2D eigenvalue weighted by atomic mass is 10.2. The van der Waals surface area contributed by atoms with Gasteiger partial charge in [0.15, 0.2) is 11.5 Å². The molecule has 0 radical (unpaired) electrons. The van der Waals surface area contributed by atoms with Crippen LogP contribution in [-0.4, -0.2) is 42.5 Å². The highest BCUT2D eigenvalue weighted by Crippen LogP contribution is 2.28. The number of nitrogens with zero attached hydrogens (tertiary/aromatic N) is 3. The summed E-state index contributed by atoms with van der Waals surface area (Å²) in [5.74, 6) is 1.60. The van der Waals surface area contributed by atoms with Gasteiger partial charge >= 0.3 is 0 Å². The topological polar surface area (TPSA) is 99.0 Å². The van der Waals surface area contributed by atoms with Crippen LogP contribution in [0, 0.1) is 13.8 Å². The molecular weight excluding hydrogens is 434 g/mol. The molecule has 34 heavy (non-hydrogen) atoms. The molecule has 0 aliphatic heterocycles. The number of aromatic nitrogens is 2. The third-order valence-corrected chi connectivity index (χ3v) is 5.37. The van der Waals surface area contributed by atoms with E-state index in [1.165, 1.54) is 7.11 Å². The minimum atomic E-state index is -0.347. The fraction of sp³-hybridized carbons (Fsp3) is 0.320. The number of aliphatic imine (C=N–C) groups is 1. The van der Waals surface area contributed by atoms with E-state index in [2.05, 4.69) is 20.7 Å². The van der Waals surface area contributed by atoms with E-state index < -0.39 is 0 Å². The maximum absolute atomic E-state index is 13.1. The van der Waals surface area contributed by atoms with Crippen LogP contribution >= 0.6 is 0 Å². The maximum Gasteiger partial charge on any atom is 0.258 e. The van der Waals surface area contributed by atoms with Crippen LogP contribution in [0.25, 0.3) is 0 Å². The van der Waals surface area contributed by atoms with Crippen molar-refractivity contribution in [1.29, 1.82) is 0 Å². The average molecular weight is 466 g/mol. The predicted octanol–water partition coefficient (Wildman–Crippen LogP) is 3.85. The first kappa shape index (κ1) is 24.6. The van der Waals surface area contributed by atoms with Crippen molar-refractivity contribution in [1.82, 2.24) is 15.1 Å². The molecule has 1 aromatic heterocycles. The first-order valence-electron chi connectivity index (χ1n) is 10.9. The van der Waals surface area contributed by atoms with Gasteiger partial charge in [-0.3, -0.25) is 14.8 Å². The van der Waals surface area contributed by atoms with E-state index in [0.717, 1.165) is 17.0 Å². The number of ether oxygens (including phenoxy) is 3. The second-order valence-corrected chi connectivity index (χ2v) is 7.52. The van der Waals surface area contributed by atoms with E-state index in [0.29, 0.717) is 41.7 Å². The number of guanidine groups is 1. The number of nitrogens with one attached hydrogen (secondary N) is 2. The van der Waals surface area contributed by atoms with E-state index >= 15 is 0 Å². The largest absolute Gasteiger partial charge is 0.493 e.